The summed E-state index contributed by atoms with van der Waals surface area (Å²) < 4.78 is 4.83. The number of benzene rings is 1. The summed E-state index contributed by atoms with van der Waals surface area (Å²) in [5.41, 5.74) is 3.17. The Bertz CT molecular complexity index is 200. The molecule has 0 saturated heterocycles. The summed E-state index contributed by atoms with van der Waals surface area (Å²) in [5.74, 6) is 0. The van der Waals surface area contributed by atoms with Gasteiger partial charge in [0.05, 0.1) is 0 Å². The predicted octanol–water partition coefficient (Wildman–Crippen LogP) is 2.21. The minimum Gasteiger partial charge on any atom is -0.382 e. The van der Waals surface area contributed by atoms with Crippen LogP contribution in [0.1, 0.15) is 19.4 Å². The van der Waals surface area contributed by atoms with E-state index in [-0.39, 0.29) is 0 Å². The van der Waals surface area contributed by atoms with Gasteiger partial charge in [-0.3, -0.25) is 0 Å². The van der Waals surface area contributed by atoms with Crippen LogP contribution in [-0.2, 0) is 11.3 Å². The van der Waals surface area contributed by atoms with Gasteiger partial charge in [-0.25, -0.2) is 5.48 Å². The highest BCUT2D eigenvalue weighted by molar-refractivity contribution is 5.13. The number of ether oxygens (including phenoxy) is 1. The topological polar surface area (TPSA) is 41.5 Å². The van der Waals surface area contributed by atoms with Crippen molar-refractivity contribution in [3.63, 3.8) is 0 Å². The number of hydrogen-bond donors (Lipinski definition) is 2. The summed E-state index contributed by atoms with van der Waals surface area (Å²) in [7, 11) is 0. The largest absolute Gasteiger partial charge is 0.382 e. The van der Waals surface area contributed by atoms with Crippen molar-refractivity contribution >= 4 is 0 Å². The SMILES string of the molecule is CCOCC.ONCc1ccccc1. The molecule has 14 heavy (non-hydrogen) atoms. The molecule has 0 amide bonds. The van der Waals surface area contributed by atoms with E-state index in [2.05, 4.69) is 5.48 Å². The van der Waals surface area contributed by atoms with Crippen LogP contribution in [0.25, 0.3) is 0 Å². The molecule has 1 rings (SSSR count). The first-order chi connectivity index (χ1) is 6.85. The summed E-state index contributed by atoms with van der Waals surface area (Å²) in [5, 5.41) is 8.27. The average molecular weight is 197 g/mol. The average Bonchev–Trinajstić information content (AvgIpc) is 2.22. The maximum absolute atomic E-state index is 8.27. The van der Waals surface area contributed by atoms with Crippen LogP contribution in [0.2, 0.25) is 0 Å². The maximum Gasteiger partial charge on any atom is 0.0458 e. The van der Waals surface area contributed by atoms with E-state index in [0.29, 0.717) is 6.54 Å². The van der Waals surface area contributed by atoms with Gasteiger partial charge in [0, 0.05) is 19.8 Å². The van der Waals surface area contributed by atoms with Crippen molar-refractivity contribution in [2.45, 2.75) is 20.4 Å². The van der Waals surface area contributed by atoms with E-state index in [1.165, 1.54) is 0 Å². The molecule has 0 aromatic heterocycles. The number of rotatable bonds is 4. The number of hydrogen-bond acceptors (Lipinski definition) is 3. The van der Waals surface area contributed by atoms with Crippen LogP contribution in [0, 0.1) is 0 Å². The smallest absolute Gasteiger partial charge is 0.0458 e. The van der Waals surface area contributed by atoms with Crippen molar-refractivity contribution in [3.05, 3.63) is 35.9 Å². The third-order valence-corrected chi connectivity index (χ3v) is 1.53. The molecule has 0 bridgehead atoms. The number of hydroxylamine groups is 1. The van der Waals surface area contributed by atoms with Crippen LogP contribution in [0.3, 0.4) is 0 Å². The van der Waals surface area contributed by atoms with Crippen molar-refractivity contribution < 1.29 is 9.94 Å². The Kier molecular flexibility index (Phi) is 9.53. The summed E-state index contributed by atoms with van der Waals surface area (Å²) in [4.78, 5) is 0. The molecule has 0 aliphatic rings. The van der Waals surface area contributed by atoms with Gasteiger partial charge in [-0.1, -0.05) is 30.3 Å². The van der Waals surface area contributed by atoms with Crippen LogP contribution in [0.15, 0.2) is 30.3 Å². The highest BCUT2D eigenvalue weighted by Gasteiger charge is 1.84. The Morgan fingerprint density at radius 3 is 2.07 bits per heavy atom. The lowest BCUT2D eigenvalue weighted by Gasteiger charge is -1.94. The zero-order valence-electron chi connectivity index (χ0n) is 8.86. The fourth-order valence-corrected chi connectivity index (χ4v) is 0.891. The lowest BCUT2D eigenvalue weighted by molar-refractivity contribution is 0.161. The summed E-state index contributed by atoms with van der Waals surface area (Å²) in [6, 6.07) is 9.71. The third kappa shape index (κ3) is 7.73. The molecule has 0 atom stereocenters. The molecular formula is C11H19NO2. The van der Waals surface area contributed by atoms with E-state index >= 15 is 0 Å². The molecule has 80 valence electrons. The van der Waals surface area contributed by atoms with Crippen LogP contribution in [0.4, 0.5) is 0 Å². The Morgan fingerprint density at radius 1 is 1.14 bits per heavy atom. The summed E-state index contributed by atoms with van der Waals surface area (Å²) in [6.07, 6.45) is 0. The Balaban J connectivity index is 0.000000292. The molecule has 0 saturated carbocycles. The van der Waals surface area contributed by atoms with Crippen LogP contribution < -0.4 is 5.48 Å². The normalized spacial score (nSPS) is 9.07. The van der Waals surface area contributed by atoms with E-state index in [1.54, 1.807) is 0 Å². The van der Waals surface area contributed by atoms with Gasteiger partial charge in [-0.15, -0.1) is 0 Å². The molecule has 0 spiro atoms. The Morgan fingerprint density at radius 2 is 1.71 bits per heavy atom. The summed E-state index contributed by atoms with van der Waals surface area (Å²) in [6.45, 7) is 6.18. The van der Waals surface area contributed by atoms with Crippen molar-refractivity contribution in [1.29, 1.82) is 0 Å². The molecule has 0 unspecified atom stereocenters. The van der Waals surface area contributed by atoms with Gasteiger partial charge in [-0.05, 0) is 19.4 Å². The molecule has 0 heterocycles. The fraction of sp³-hybridized carbons (Fsp3) is 0.455. The standard InChI is InChI=1S/C7H9NO.C4H10O/c9-8-6-7-4-2-1-3-5-7;1-3-5-4-2/h1-5,8-9H,6H2;3-4H2,1-2H3. The van der Waals surface area contributed by atoms with Gasteiger partial charge < -0.3 is 9.94 Å². The fourth-order valence-electron chi connectivity index (χ4n) is 0.891. The van der Waals surface area contributed by atoms with E-state index < -0.39 is 0 Å². The minimum atomic E-state index is 0.515. The molecule has 3 nitrogen and oxygen atoms in total. The van der Waals surface area contributed by atoms with Crippen molar-refractivity contribution in [3.8, 4) is 0 Å². The van der Waals surface area contributed by atoms with Crippen LogP contribution >= 0.6 is 0 Å². The van der Waals surface area contributed by atoms with Crippen LogP contribution in [-0.4, -0.2) is 18.4 Å². The van der Waals surface area contributed by atoms with Gasteiger partial charge in [0.15, 0.2) is 0 Å². The van der Waals surface area contributed by atoms with Gasteiger partial charge in [0.2, 0.25) is 0 Å². The highest BCUT2D eigenvalue weighted by Crippen LogP contribution is 1.95. The molecule has 3 heteroatoms. The lowest BCUT2D eigenvalue weighted by Crippen LogP contribution is -2.05. The van der Waals surface area contributed by atoms with Gasteiger partial charge in [0.25, 0.3) is 0 Å². The minimum absolute atomic E-state index is 0.515. The molecule has 0 aliphatic heterocycles. The zero-order valence-corrected chi connectivity index (χ0v) is 8.86. The molecule has 1 aromatic carbocycles. The Labute approximate surface area is 85.7 Å². The highest BCUT2D eigenvalue weighted by atomic mass is 16.5. The van der Waals surface area contributed by atoms with E-state index in [4.69, 9.17) is 9.94 Å². The lowest BCUT2D eigenvalue weighted by atomic mass is 10.2. The van der Waals surface area contributed by atoms with Crippen molar-refractivity contribution in [2.24, 2.45) is 0 Å². The molecule has 2 N–H and O–H groups in total. The molecular weight excluding hydrogens is 178 g/mol. The maximum atomic E-state index is 8.27. The predicted molar refractivity (Wildman–Crippen MR) is 57.2 cm³/mol. The zero-order chi connectivity index (χ0) is 10.6. The molecule has 0 aliphatic carbocycles. The first-order valence-electron chi connectivity index (χ1n) is 4.83. The second-order valence-electron chi connectivity index (χ2n) is 2.60. The van der Waals surface area contributed by atoms with E-state index in [1.807, 2.05) is 44.2 Å². The van der Waals surface area contributed by atoms with Crippen molar-refractivity contribution in [1.82, 2.24) is 5.48 Å². The summed E-state index contributed by atoms with van der Waals surface area (Å²) >= 11 is 0. The first-order valence-corrected chi connectivity index (χ1v) is 4.83. The third-order valence-electron chi connectivity index (χ3n) is 1.53. The Hall–Kier alpha value is -0.900. The van der Waals surface area contributed by atoms with Gasteiger partial charge in [0.1, 0.15) is 0 Å². The second-order valence-corrected chi connectivity index (χ2v) is 2.60. The van der Waals surface area contributed by atoms with E-state index in [0.717, 1.165) is 18.8 Å². The van der Waals surface area contributed by atoms with Gasteiger partial charge in [-0.2, -0.15) is 0 Å². The number of nitrogens with one attached hydrogen (secondary N) is 1. The first kappa shape index (κ1) is 13.1. The van der Waals surface area contributed by atoms with Crippen molar-refractivity contribution in [2.75, 3.05) is 13.2 Å². The molecule has 0 radical (unpaired) electrons. The monoisotopic (exact) mass is 197 g/mol. The molecule has 0 fully saturated rings. The second kappa shape index (κ2) is 10.2. The van der Waals surface area contributed by atoms with E-state index in [9.17, 15) is 0 Å². The van der Waals surface area contributed by atoms with Crippen LogP contribution in [0.5, 0.6) is 0 Å². The quantitative estimate of drug-likeness (QED) is 0.727. The van der Waals surface area contributed by atoms with Gasteiger partial charge >= 0.3 is 0 Å². The molecule has 1 aromatic rings.